The molecule has 80 heavy (non-hydrogen) atoms. The number of allylic oxidation sites excluding steroid dienone is 2. The molecular weight excluding hydrogens is 1060 g/mol. The van der Waals surface area contributed by atoms with Gasteiger partial charge in [0.05, 0.1) is 34.7 Å². The Labute approximate surface area is 469 Å². The van der Waals surface area contributed by atoms with Crippen LogP contribution in [0, 0.1) is 17.7 Å². The minimum Gasteiger partial charge on any atom is -0.508 e. The summed E-state index contributed by atoms with van der Waals surface area (Å²) in [6.45, 7) is 21.1. The van der Waals surface area contributed by atoms with Crippen molar-refractivity contribution in [3.05, 3.63) is 87.6 Å². The molecule has 2 amide bonds. The van der Waals surface area contributed by atoms with Crippen LogP contribution in [0.5, 0.6) is 17.6 Å². The van der Waals surface area contributed by atoms with Crippen molar-refractivity contribution in [3.63, 3.8) is 0 Å². The number of pyridine rings is 1. The number of aromatic hydroxyl groups is 1. The lowest BCUT2D eigenvalue weighted by atomic mass is 9.91. The van der Waals surface area contributed by atoms with Gasteiger partial charge in [0, 0.05) is 73.9 Å². The minimum absolute atomic E-state index is 0.000804. The van der Waals surface area contributed by atoms with Crippen molar-refractivity contribution in [3.8, 4) is 28.9 Å². The van der Waals surface area contributed by atoms with Crippen molar-refractivity contribution in [1.29, 1.82) is 0 Å². The summed E-state index contributed by atoms with van der Waals surface area (Å²) in [4.78, 5) is 51.4. The van der Waals surface area contributed by atoms with E-state index in [0.29, 0.717) is 50.9 Å². The number of aromatic nitrogens is 4. The highest BCUT2D eigenvalue weighted by atomic mass is 35.5. The predicted molar refractivity (Wildman–Crippen MR) is 298 cm³/mol. The molecule has 5 aromatic rings. The van der Waals surface area contributed by atoms with Crippen LogP contribution in [0.2, 0.25) is 5.02 Å². The number of alkyl halides is 3. The van der Waals surface area contributed by atoms with Crippen molar-refractivity contribution in [2.75, 3.05) is 57.4 Å². The molecule has 432 valence electrons. The van der Waals surface area contributed by atoms with Crippen molar-refractivity contribution in [2.24, 2.45) is 16.8 Å². The number of piperidine rings is 1. The number of rotatable bonds is 17. The van der Waals surface area contributed by atoms with Gasteiger partial charge in [0.2, 0.25) is 11.8 Å². The third kappa shape index (κ3) is 13.3. The number of ether oxygens (including phenoxy) is 2. The Morgan fingerprint density at radius 2 is 1.77 bits per heavy atom. The molecule has 0 aliphatic carbocycles. The fraction of sp³-hybridized carbons (Fsp3) is 0.534. The molecule has 4 N–H and O–H groups in total. The number of aliphatic imine (C=N–C) groups is 1. The van der Waals surface area contributed by atoms with Gasteiger partial charge in [0.15, 0.2) is 11.6 Å². The number of aliphatic hydroxyl groups excluding tert-OH is 1. The molecule has 9 rings (SSSR count). The van der Waals surface area contributed by atoms with Gasteiger partial charge < -0.3 is 44.6 Å². The van der Waals surface area contributed by atoms with Gasteiger partial charge >= 0.3 is 12.2 Å². The van der Waals surface area contributed by atoms with Crippen LogP contribution in [0.4, 0.5) is 23.4 Å². The van der Waals surface area contributed by atoms with Crippen LogP contribution in [0.1, 0.15) is 129 Å². The van der Waals surface area contributed by atoms with Crippen LogP contribution < -0.4 is 25.0 Å². The van der Waals surface area contributed by atoms with E-state index in [0.717, 1.165) is 60.2 Å². The normalized spacial score (nSPS) is 21.9. The lowest BCUT2D eigenvalue weighted by Crippen LogP contribution is -2.58. The average molecular weight is 1130 g/mol. The highest BCUT2D eigenvalue weighted by molar-refractivity contribution is 6.32. The molecule has 3 unspecified atom stereocenters. The number of carbonyl (C=O) groups is 2. The number of fused-ring (bicyclic) bond motifs is 3. The zero-order valence-corrected chi connectivity index (χ0v) is 47.6. The molecule has 4 aliphatic heterocycles. The molecule has 0 radical (unpaired) electrons. The minimum atomic E-state index is -4.99. The van der Waals surface area contributed by atoms with Gasteiger partial charge in [-0.25, -0.2) is 4.39 Å². The summed E-state index contributed by atoms with van der Waals surface area (Å²) in [6, 6.07) is 9.80. The number of aliphatic hydroxyl groups is 1. The van der Waals surface area contributed by atoms with Crippen LogP contribution in [0.15, 0.2) is 63.9 Å². The second-order valence-corrected chi connectivity index (χ2v) is 22.2. The number of nitrogens with one attached hydrogen (secondary N) is 2. The third-order valence-electron chi connectivity index (χ3n) is 15.6. The number of hydrogen-bond acceptors (Lipinski definition) is 15. The number of phenols is 1. The zero-order chi connectivity index (χ0) is 57.8. The number of halogens is 5. The van der Waals surface area contributed by atoms with Gasteiger partial charge in [0.25, 0.3) is 5.88 Å². The van der Waals surface area contributed by atoms with E-state index in [1.807, 2.05) is 84.6 Å². The second kappa shape index (κ2) is 25.2. The van der Waals surface area contributed by atoms with E-state index in [1.54, 1.807) is 12.3 Å². The van der Waals surface area contributed by atoms with Gasteiger partial charge in [-0.1, -0.05) is 63.6 Å². The molecule has 22 heteroatoms. The van der Waals surface area contributed by atoms with Gasteiger partial charge in [-0.3, -0.25) is 24.5 Å². The number of carbonyl (C=O) groups excluding carboxylic acids is 2. The number of piperazine rings is 1. The first-order valence-corrected chi connectivity index (χ1v) is 28.0. The number of hydrogen-bond donors (Lipinski definition) is 4. The Morgan fingerprint density at radius 1 is 1.05 bits per heavy atom. The lowest BCUT2D eigenvalue weighted by Gasteiger charge is -2.40. The summed E-state index contributed by atoms with van der Waals surface area (Å²) >= 11 is 5.97. The summed E-state index contributed by atoms with van der Waals surface area (Å²) in [5.74, 6) is -2.42. The summed E-state index contributed by atoms with van der Waals surface area (Å²) in [6.07, 6.45) is 0.666. The maximum atomic E-state index is 16.7. The van der Waals surface area contributed by atoms with Crippen molar-refractivity contribution >= 4 is 51.9 Å². The van der Waals surface area contributed by atoms with Crippen molar-refractivity contribution in [1.82, 2.24) is 40.5 Å². The second-order valence-electron chi connectivity index (χ2n) is 21.8. The largest absolute Gasteiger partial charge is 0.508 e. The Balaban J connectivity index is 0.00000416. The van der Waals surface area contributed by atoms with Gasteiger partial charge in [-0.15, -0.1) is 0 Å². The maximum Gasteiger partial charge on any atom is 0.418 e. The number of anilines is 1. The quantitative estimate of drug-likeness (QED) is 0.0506. The van der Waals surface area contributed by atoms with Crippen molar-refractivity contribution < 1.29 is 51.4 Å². The fourth-order valence-corrected chi connectivity index (χ4v) is 11.7. The van der Waals surface area contributed by atoms with E-state index in [4.69, 9.17) is 30.6 Å². The molecule has 0 saturated carbocycles. The van der Waals surface area contributed by atoms with E-state index in [-0.39, 0.29) is 83.6 Å². The molecule has 0 spiro atoms. The van der Waals surface area contributed by atoms with Crippen LogP contribution in [0.3, 0.4) is 0 Å². The number of benzene rings is 2. The highest BCUT2D eigenvalue weighted by Crippen LogP contribution is 2.45. The Hall–Kier alpha value is -6.42. The topological polar surface area (TPSA) is 204 Å². The SMILES string of the molecule is CC.CC=N/C(C)=C(\C)c1ccc(C(C)NC(=O)[C@@H]2C[C@@H](O)CN2C(=O)C(c2cc(OCC3CCN(CCOc4nc(N5CC6CC[C@@](C)(C5)N6)c5cnc(-c6cc(O)cc(Cl)c6C(F)(F)F)c(F)c5n4)CC3)no2)C(C)C)cc1. The van der Waals surface area contributed by atoms with Crippen LogP contribution >= 0.6 is 11.6 Å². The molecule has 17 nitrogen and oxygen atoms in total. The number of nitrogens with zero attached hydrogens (tertiary/aromatic N) is 8. The molecule has 3 aromatic heterocycles. The van der Waals surface area contributed by atoms with Crippen molar-refractivity contribution in [2.45, 2.75) is 136 Å². The fourth-order valence-electron chi connectivity index (χ4n) is 11.4. The molecule has 6 atom stereocenters. The number of β-amino-alcohol motifs (C(OH)–C–C–N with tert-alkyl or cyclic N) is 1. The van der Waals surface area contributed by atoms with E-state index >= 15 is 4.39 Å². The number of phenolic OH excluding ortho intramolecular Hbond substituents is 1. The first kappa shape index (κ1) is 59.7. The average Bonchev–Trinajstić information content (AvgIpc) is 4.26. The first-order valence-electron chi connectivity index (χ1n) is 27.6. The lowest BCUT2D eigenvalue weighted by molar-refractivity contribution is -0.141. The van der Waals surface area contributed by atoms with Gasteiger partial charge in [-0.05, 0) is 119 Å². The zero-order valence-electron chi connectivity index (χ0n) is 46.8. The summed E-state index contributed by atoms with van der Waals surface area (Å²) in [5.41, 5.74) is 0.610. The standard InChI is InChI=1S/C56H67ClF4N10O7.C2H6/c1-8-62-32(5)31(4)35-9-11-36(12-10-35)33(6)64-52(74)43-23-39(73)27-71(43)53(75)46(30(2)3)44-24-45(68-78-44)77-28-34-14-17-69(18-15-34)19-20-76-54-65-50-41(51(66-54)70-26-37-13-16-55(7,29-70)67-37)25-63-49(48(50)58)40-21-38(72)22-42(57)47(40)56(59,60)61;1-2/h8-12,21-22,24-25,30,33-34,37,39,43,46,67,72-73H,13-20,23,26-29H2,1-7H3,(H,64,74);1-2H3/b32-31+,62-8?;/t33?,37?,39-,43+,46?,55+;/m1./s1. The maximum absolute atomic E-state index is 16.7. The smallest absolute Gasteiger partial charge is 0.418 e. The summed E-state index contributed by atoms with van der Waals surface area (Å²) < 4.78 is 77.6. The molecule has 4 aliphatic rings. The highest BCUT2D eigenvalue weighted by Gasteiger charge is 2.45. The number of likely N-dealkylation sites (tertiary alicyclic amines) is 2. The number of amides is 2. The van der Waals surface area contributed by atoms with Crippen LogP contribution in [0.25, 0.3) is 27.7 Å². The summed E-state index contributed by atoms with van der Waals surface area (Å²) in [7, 11) is 0. The van der Waals surface area contributed by atoms with E-state index in [1.165, 1.54) is 11.1 Å². The van der Waals surface area contributed by atoms with E-state index in [9.17, 15) is 33.0 Å². The Bertz CT molecular complexity index is 3080. The summed E-state index contributed by atoms with van der Waals surface area (Å²) in [5, 5.41) is 31.2. The Morgan fingerprint density at radius 3 is 2.45 bits per heavy atom. The Kier molecular flexibility index (Phi) is 18.8. The van der Waals surface area contributed by atoms with E-state index < -0.39 is 57.7 Å². The third-order valence-corrected chi connectivity index (χ3v) is 15.9. The van der Waals surface area contributed by atoms with Crippen LogP contribution in [-0.4, -0.2) is 134 Å². The van der Waals surface area contributed by atoms with Crippen LogP contribution in [-0.2, 0) is 15.8 Å². The van der Waals surface area contributed by atoms with E-state index in [2.05, 4.69) is 42.6 Å². The monoisotopic (exact) mass is 1130 g/mol. The molecule has 4 fully saturated rings. The molecule has 4 saturated heterocycles. The molecule has 7 heterocycles. The van der Waals surface area contributed by atoms with Gasteiger partial charge in [-0.2, -0.15) is 23.1 Å². The first-order chi connectivity index (χ1) is 38.1. The predicted octanol–water partition coefficient (Wildman–Crippen LogP) is 10.1. The van der Waals surface area contributed by atoms with Gasteiger partial charge in [0.1, 0.15) is 41.3 Å². The molecule has 2 aromatic carbocycles. The molecule has 2 bridgehead atoms. The molecular formula is C58H73ClF4N10O7.